The van der Waals surface area contributed by atoms with Crippen LogP contribution in [0.15, 0.2) is 60.8 Å². The predicted octanol–water partition coefficient (Wildman–Crippen LogP) is 5.80. The molecule has 5 rings (SSSR count). The molecule has 0 unspecified atom stereocenters. The van der Waals surface area contributed by atoms with E-state index in [0.717, 1.165) is 49.1 Å². The van der Waals surface area contributed by atoms with Crippen LogP contribution >= 0.6 is 0 Å². The maximum absolute atomic E-state index is 9.46. The Labute approximate surface area is 195 Å². The summed E-state index contributed by atoms with van der Waals surface area (Å²) in [4.78, 5) is 7.51. The number of rotatable bonds is 6. The van der Waals surface area contributed by atoms with Crippen LogP contribution < -0.4 is 4.90 Å². The smallest absolute Gasteiger partial charge is 0.157 e. The molecular weight excluding hydrogens is 406 g/mol. The van der Waals surface area contributed by atoms with Crippen LogP contribution in [-0.4, -0.2) is 27.7 Å². The highest BCUT2D eigenvalue weighted by atomic mass is 15.3. The number of aryl methyl sites for hydroxylation is 1. The van der Waals surface area contributed by atoms with Gasteiger partial charge in [0.15, 0.2) is 5.65 Å². The van der Waals surface area contributed by atoms with Gasteiger partial charge in [-0.15, -0.1) is 0 Å². The van der Waals surface area contributed by atoms with Crippen LogP contribution in [0.25, 0.3) is 16.8 Å². The van der Waals surface area contributed by atoms with E-state index in [4.69, 9.17) is 4.98 Å². The summed E-state index contributed by atoms with van der Waals surface area (Å²) in [6, 6.07) is 20.7. The highest BCUT2D eigenvalue weighted by Crippen LogP contribution is 2.31. The fourth-order valence-electron chi connectivity index (χ4n) is 4.90. The van der Waals surface area contributed by atoms with Crippen molar-refractivity contribution >= 4 is 11.5 Å². The van der Waals surface area contributed by atoms with E-state index >= 15 is 0 Å². The topological polar surface area (TPSA) is 57.2 Å². The van der Waals surface area contributed by atoms with E-state index in [-0.39, 0.29) is 0 Å². The van der Waals surface area contributed by atoms with Crippen molar-refractivity contribution in [2.45, 2.75) is 45.4 Å². The summed E-state index contributed by atoms with van der Waals surface area (Å²) in [5.41, 5.74) is 7.41. The number of piperidine rings is 1. The van der Waals surface area contributed by atoms with Crippen molar-refractivity contribution in [3.05, 3.63) is 83.2 Å². The third-order valence-electron chi connectivity index (χ3n) is 6.53. The van der Waals surface area contributed by atoms with Crippen molar-refractivity contribution in [2.24, 2.45) is 0 Å². The molecular formula is C28H29N5. The Morgan fingerprint density at radius 3 is 2.52 bits per heavy atom. The molecule has 0 saturated carbocycles. The monoisotopic (exact) mass is 435 g/mol. The molecule has 0 spiro atoms. The lowest BCUT2D eigenvalue weighted by Crippen LogP contribution is -2.33. The number of hydrogen-bond acceptors (Lipinski definition) is 4. The minimum atomic E-state index is 0.705. The zero-order chi connectivity index (χ0) is 22.6. The van der Waals surface area contributed by atoms with Gasteiger partial charge in [0.2, 0.25) is 0 Å². The molecule has 1 saturated heterocycles. The maximum Gasteiger partial charge on any atom is 0.157 e. The van der Waals surface area contributed by atoms with Crippen LogP contribution in [-0.2, 0) is 12.8 Å². The molecule has 3 heterocycles. The van der Waals surface area contributed by atoms with Gasteiger partial charge in [0.25, 0.3) is 0 Å². The minimum Gasteiger partial charge on any atom is -0.356 e. The molecule has 4 aromatic rings. The summed E-state index contributed by atoms with van der Waals surface area (Å²) in [6.45, 7) is 4.36. The van der Waals surface area contributed by atoms with Gasteiger partial charge in [-0.1, -0.05) is 55.8 Å². The second-order valence-electron chi connectivity index (χ2n) is 8.79. The third kappa shape index (κ3) is 4.21. The Morgan fingerprint density at radius 2 is 1.76 bits per heavy atom. The molecule has 0 amide bonds. The second kappa shape index (κ2) is 9.46. The molecule has 33 heavy (non-hydrogen) atoms. The van der Waals surface area contributed by atoms with Crippen LogP contribution in [0.3, 0.4) is 0 Å². The van der Waals surface area contributed by atoms with E-state index in [1.165, 1.54) is 41.9 Å². The van der Waals surface area contributed by atoms with Gasteiger partial charge in [-0.3, -0.25) is 0 Å². The Morgan fingerprint density at radius 1 is 0.970 bits per heavy atom. The lowest BCUT2D eigenvalue weighted by atomic mass is 9.96. The summed E-state index contributed by atoms with van der Waals surface area (Å²) in [6.07, 6.45) is 8.45. The molecule has 0 bridgehead atoms. The quantitative estimate of drug-likeness (QED) is 0.384. The van der Waals surface area contributed by atoms with E-state index in [1.54, 1.807) is 0 Å². The molecule has 5 heteroatoms. The Hall–Kier alpha value is -3.65. The standard InChI is InChI=1S/C28H29N5/c1-2-8-26-25(28(32-17-6-3-7-18-32)33-27(31-26)15-16-30-33)19-21-11-13-22(14-12-21)24-10-5-4-9-23(24)20-29/h4-5,9-16H,2-3,6-8,17-19H2,1H3. The predicted molar refractivity (Wildman–Crippen MR) is 132 cm³/mol. The third-order valence-corrected chi connectivity index (χ3v) is 6.53. The lowest BCUT2D eigenvalue weighted by Gasteiger charge is -2.31. The summed E-state index contributed by atoms with van der Waals surface area (Å²) in [5.74, 6) is 1.21. The van der Waals surface area contributed by atoms with Crippen molar-refractivity contribution in [2.75, 3.05) is 18.0 Å². The molecule has 0 aliphatic carbocycles. The summed E-state index contributed by atoms with van der Waals surface area (Å²) in [5, 5.41) is 14.1. The molecule has 1 aliphatic rings. The minimum absolute atomic E-state index is 0.705. The number of benzene rings is 2. The molecule has 1 fully saturated rings. The van der Waals surface area contributed by atoms with E-state index in [0.29, 0.717) is 5.56 Å². The number of nitriles is 1. The first kappa shape index (κ1) is 21.2. The highest BCUT2D eigenvalue weighted by molar-refractivity contribution is 5.70. The van der Waals surface area contributed by atoms with Crippen molar-refractivity contribution < 1.29 is 0 Å². The SMILES string of the molecule is CCCc1nc2ccnn2c(N2CCCCC2)c1Cc1ccc(-c2ccccc2C#N)cc1. The van der Waals surface area contributed by atoms with Crippen molar-refractivity contribution in [1.29, 1.82) is 5.26 Å². The van der Waals surface area contributed by atoms with E-state index < -0.39 is 0 Å². The molecule has 2 aromatic heterocycles. The number of anilines is 1. The van der Waals surface area contributed by atoms with Gasteiger partial charge in [-0.25, -0.2) is 4.98 Å². The lowest BCUT2D eigenvalue weighted by molar-refractivity contribution is 0.565. The number of hydrogen-bond donors (Lipinski definition) is 0. The second-order valence-corrected chi connectivity index (χ2v) is 8.79. The number of fused-ring (bicyclic) bond motifs is 1. The van der Waals surface area contributed by atoms with Gasteiger partial charge in [0, 0.05) is 31.1 Å². The van der Waals surface area contributed by atoms with Crippen LogP contribution in [0.4, 0.5) is 5.82 Å². The van der Waals surface area contributed by atoms with Gasteiger partial charge >= 0.3 is 0 Å². The first-order valence-corrected chi connectivity index (χ1v) is 12.0. The zero-order valence-electron chi connectivity index (χ0n) is 19.2. The molecule has 0 atom stereocenters. The van der Waals surface area contributed by atoms with Crippen LogP contribution in [0.5, 0.6) is 0 Å². The average Bonchev–Trinajstić information content (AvgIpc) is 3.33. The normalized spacial score (nSPS) is 13.9. The van der Waals surface area contributed by atoms with Crippen LogP contribution in [0.2, 0.25) is 0 Å². The average molecular weight is 436 g/mol. The first-order valence-electron chi connectivity index (χ1n) is 12.0. The highest BCUT2D eigenvalue weighted by Gasteiger charge is 2.22. The van der Waals surface area contributed by atoms with Gasteiger partial charge in [0.1, 0.15) is 5.82 Å². The summed E-state index contributed by atoms with van der Waals surface area (Å²) in [7, 11) is 0. The van der Waals surface area contributed by atoms with Crippen LogP contribution in [0.1, 0.15) is 55.0 Å². The van der Waals surface area contributed by atoms with Gasteiger partial charge < -0.3 is 4.90 Å². The molecule has 2 aromatic carbocycles. The zero-order valence-corrected chi connectivity index (χ0v) is 19.2. The van der Waals surface area contributed by atoms with Gasteiger partial charge in [0.05, 0.1) is 23.5 Å². The molecule has 0 radical (unpaired) electrons. The van der Waals surface area contributed by atoms with Gasteiger partial charge in [-0.05, 0) is 48.4 Å². The molecule has 1 aliphatic heterocycles. The molecule has 0 N–H and O–H groups in total. The molecule has 5 nitrogen and oxygen atoms in total. The largest absolute Gasteiger partial charge is 0.356 e. The first-order chi connectivity index (χ1) is 16.3. The van der Waals surface area contributed by atoms with E-state index in [1.807, 2.05) is 41.0 Å². The Bertz CT molecular complexity index is 1290. The number of aromatic nitrogens is 3. The fourth-order valence-corrected chi connectivity index (χ4v) is 4.90. The van der Waals surface area contributed by atoms with E-state index in [2.05, 4.69) is 47.3 Å². The maximum atomic E-state index is 9.46. The Kier molecular flexibility index (Phi) is 6.08. The van der Waals surface area contributed by atoms with Crippen molar-refractivity contribution in [3.63, 3.8) is 0 Å². The van der Waals surface area contributed by atoms with Crippen LogP contribution in [0, 0.1) is 11.3 Å². The summed E-state index contributed by atoms with van der Waals surface area (Å²) < 4.78 is 2.04. The molecule has 166 valence electrons. The number of nitrogens with zero attached hydrogens (tertiary/aromatic N) is 5. The Balaban J connectivity index is 1.55. The fraction of sp³-hybridized carbons (Fsp3) is 0.321. The van der Waals surface area contributed by atoms with Crippen molar-refractivity contribution in [3.8, 4) is 17.2 Å². The van der Waals surface area contributed by atoms with Gasteiger partial charge in [-0.2, -0.15) is 14.9 Å². The summed E-state index contributed by atoms with van der Waals surface area (Å²) >= 11 is 0. The van der Waals surface area contributed by atoms with Crippen molar-refractivity contribution in [1.82, 2.24) is 14.6 Å². The van der Waals surface area contributed by atoms with E-state index in [9.17, 15) is 5.26 Å².